The molecule has 0 fully saturated rings. The molecule has 3 heterocycles. The molecule has 0 unspecified atom stereocenters. The Kier molecular flexibility index (Phi) is 5.10. The summed E-state index contributed by atoms with van der Waals surface area (Å²) >= 11 is 0. The van der Waals surface area contributed by atoms with E-state index in [-0.39, 0.29) is 11.5 Å². The summed E-state index contributed by atoms with van der Waals surface area (Å²) in [4.78, 5) is 20.6. The number of nitrogens with zero attached hydrogens (tertiary/aromatic N) is 2. The standard InChI is InChI=1S/C26H24N4O/c1-18-8-7-13-25-29-20(14-26(31)30(18)25)15-27-16-22(19-9-3-2-4-10-19)23-17-28-24-12-6-5-11-21(23)24/h2-14,17,22,27-28H,15-16H2,1H3/t22-/m0/s1. The summed E-state index contributed by atoms with van der Waals surface area (Å²) in [5, 5.41) is 4.77. The Morgan fingerprint density at radius 3 is 2.68 bits per heavy atom. The maximum atomic E-state index is 12.6. The number of rotatable bonds is 6. The Morgan fingerprint density at radius 1 is 1.00 bits per heavy atom. The molecule has 5 rings (SSSR count). The highest BCUT2D eigenvalue weighted by Crippen LogP contribution is 2.30. The molecular weight excluding hydrogens is 384 g/mol. The first-order valence-corrected chi connectivity index (χ1v) is 10.5. The predicted octanol–water partition coefficient (Wildman–Crippen LogP) is 4.41. The highest BCUT2D eigenvalue weighted by molar-refractivity contribution is 5.84. The number of fused-ring (bicyclic) bond motifs is 2. The molecule has 1 atom stereocenters. The largest absolute Gasteiger partial charge is 0.361 e. The number of benzene rings is 2. The van der Waals surface area contributed by atoms with Gasteiger partial charge in [-0.25, -0.2) is 4.98 Å². The fraction of sp³-hybridized carbons (Fsp3) is 0.154. The van der Waals surface area contributed by atoms with Gasteiger partial charge in [0.2, 0.25) is 0 Å². The van der Waals surface area contributed by atoms with Crippen LogP contribution in [0.15, 0.2) is 89.9 Å². The lowest BCUT2D eigenvalue weighted by molar-refractivity contribution is 0.629. The van der Waals surface area contributed by atoms with Gasteiger partial charge in [0.1, 0.15) is 5.65 Å². The third kappa shape index (κ3) is 3.76. The summed E-state index contributed by atoms with van der Waals surface area (Å²) in [6.07, 6.45) is 2.10. The summed E-state index contributed by atoms with van der Waals surface area (Å²) in [5.74, 6) is 0.182. The molecule has 2 N–H and O–H groups in total. The second kappa shape index (κ2) is 8.20. The lowest BCUT2D eigenvalue weighted by Gasteiger charge is -2.18. The monoisotopic (exact) mass is 408 g/mol. The highest BCUT2D eigenvalue weighted by Gasteiger charge is 2.18. The fourth-order valence-electron chi connectivity index (χ4n) is 4.27. The Morgan fingerprint density at radius 2 is 1.81 bits per heavy atom. The third-order valence-corrected chi connectivity index (χ3v) is 5.79. The van der Waals surface area contributed by atoms with E-state index in [1.807, 2.05) is 37.3 Å². The smallest absolute Gasteiger partial charge is 0.258 e. The molecule has 0 spiro atoms. The number of pyridine rings is 1. The van der Waals surface area contributed by atoms with E-state index in [0.29, 0.717) is 12.2 Å². The molecule has 2 aromatic carbocycles. The maximum absolute atomic E-state index is 12.6. The Hall–Kier alpha value is -3.70. The number of hydrogen-bond donors (Lipinski definition) is 2. The van der Waals surface area contributed by atoms with Gasteiger partial charge in [-0.05, 0) is 36.2 Å². The van der Waals surface area contributed by atoms with Gasteiger partial charge in [-0.3, -0.25) is 9.20 Å². The van der Waals surface area contributed by atoms with E-state index in [4.69, 9.17) is 0 Å². The summed E-state index contributed by atoms with van der Waals surface area (Å²) in [6.45, 7) is 3.19. The van der Waals surface area contributed by atoms with E-state index in [2.05, 4.69) is 63.9 Å². The first-order valence-electron chi connectivity index (χ1n) is 10.5. The Balaban J connectivity index is 1.42. The number of aromatic amines is 1. The van der Waals surface area contributed by atoms with Crippen molar-refractivity contribution in [3.63, 3.8) is 0 Å². The van der Waals surface area contributed by atoms with Crippen LogP contribution in [0.1, 0.15) is 28.4 Å². The van der Waals surface area contributed by atoms with E-state index in [9.17, 15) is 4.79 Å². The molecule has 5 aromatic rings. The van der Waals surface area contributed by atoms with Crippen LogP contribution in [-0.2, 0) is 6.54 Å². The second-order valence-electron chi connectivity index (χ2n) is 7.83. The van der Waals surface area contributed by atoms with E-state index < -0.39 is 0 Å². The van der Waals surface area contributed by atoms with Gasteiger partial charge in [0.15, 0.2) is 0 Å². The van der Waals surface area contributed by atoms with Crippen LogP contribution in [0.25, 0.3) is 16.6 Å². The third-order valence-electron chi connectivity index (χ3n) is 5.79. The second-order valence-corrected chi connectivity index (χ2v) is 7.83. The Labute approximate surface area is 180 Å². The number of nitrogens with one attached hydrogen (secondary N) is 2. The van der Waals surface area contributed by atoms with Gasteiger partial charge in [0.25, 0.3) is 5.56 Å². The van der Waals surface area contributed by atoms with Gasteiger partial charge in [-0.2, -0.15) is 0 Å². The zero-order valence-electron chi connectivity index (χ0n) is 17.4. The fourth-order valence-corrected chi connectivity index (χ4v) is 4.27. The quantitative estimate of drug-likeness (QED) is 0.438. The van der Waals surface area contributed by atoms with Gasteiger partial charge in [0.05, 0.1) is 5.69 Å². The summed E-state index contributed by atoms with van der Waals surface area (Å²) < 4.78 is 1.64. The minimum Gasteiger partial charge on any atom is -0.361 e. The molecule has 5 heteroatoms. The summed E-state index contributed by atoms with van der Waals surface area (Å²) in [6, 6.07) is 26.2. The molecule has 31 heavy (non-hydrogen) atoms. The van der Waals surface area contributed by atoms with Crippen LogP contribution in [0.2, 0.25) is 0 Å². The van der Waals surface area contributed by atoms with Crippen molar-refractivity contribution in [1.82, 2.24) is 19.7 Å². The van der Waals surface area contributed by atoms with Crippen molar-refractivity contribution >= 4 is 16.6 Å². The average Bonchev–Trinajstić information content (AvgIpc) is 3.21. The van der Waals surface area contributed by atoms with Crippen LogP contribution < -0.4 is 10.9 Å². The molecule has 0 saturated carbocycles. The predicted molar refractivity (Wildman–Crippen MR) is 124 cm³/mol. The Bertz CT molecular complexity index is 1400. The van der Waals surface area contributed by atoms with Crippen LogP contribution in [0, 0.1) is 6.92 Å². The van der Waals surface area contributed by atoms with Crippen molar-refractivity contribution in [2.45, 2.75) is 19.4 Å². The van der Waals surface area contributed by atoms with E-state index in [1.165, 1.54) is 16.5 Å². The average molecular weight is 409 g/mol. The van der Waals surface area contributed by atoms with Gasteiger partial charge >= 0.3 is 0 Å². The van der Waals surface area contributed by atoms with Crippen LogP contribution in [-0.4, -0.2) is 20.9 Å². The molecule has 0 aliphatic carbocycles. The zero-order valence-corrected chi connectivity index (χ0v) is 17.4. The number of H-pyrrole nitrogens is 1. The lowest BCUT2D eigenvalue weighted by Crippen LogP contribution is -2.25. The van der Waals surface area contributed by atoms with Crippen molar-refractivity contribution in [3.8, 4) is 0 Å². The molecule has 0 saturated heterocycles. The van der Waals surface area contributed by atoms with Gasteiger partial charge < -0.3 is 10.3 Å². The number of hydrogen-bond acceptors (Lipinski definition) is 3. The van der Waals surface area contributed by atoms with E-state index >= 15 is 0 Å². The first-order chi connectivity index (χ1) is 15.2. The minimum absolute atomic E-state index is 0.0452. The van der Waals surface area contributed by atoms with Crippen LogP contribution in [0.3, 0.4) is 0 Å². The van der Waals surface area contributed by atoms with Gasteiger partial charge in [-0.1, -0.05) is 54.6 Å². The topological polar surface area (TPSA) is 62.2 Å². The number of para-hydroxylation sites is 1. The molecule has 3 aromatic heterocycles. The molecule has 154 valence electrons. The molecule has 5 nitrogen and oxygen atoms in total. The lowest BCUT2D eigenvalue weighted by atomic mass is 9.91. The van der Waals surface area contributed by atoms with Crippen molar-refractivity contribution in [2.24, 2.45) is 0 Å². The van der Waals surface area contributed by atoms with Crippen molar-refractivity contribution in [2.75, 3.05) is 6.54 Å². The van der Waals surface area contributed by atoms with Crippen molar-refractivity contribution in [3.05, 3.63) is 118 Å². The zero-order chi connectivity index (χ0) is 21.2. The molecular formula is C26H24N4O. The molecule has 0 radical (unpaired) electrons. The van der Waals surface area contributed by atoms with E-state index in [1.54, 1.807) is 10.5 Å². The minimum atomic E-state index is -0.0452. The van der Waals surface area contributed by atoms with Crippen molar-refractivity contribution < 1.29 is 0 Å². The SMILES string of the molecule is Cc1cccc2nc(CNC[C@@H](c3ccccc3)c3c[nH]c4ccccc34)cc(=O)n12. The molecule has 0 amide bonds. The molecule has 0 bridgehead atoms. The van der Waals surface area contributed by atoms with Crippen molar-refractivity contribution in [1.29, 1.82) is 0 Å². The summed E-state index contributed by atoms with van der Waals surface area (Å²) in [7, 11) is 0. The number of aryl methyl sites for hydroxylation is 1. The molecule has 0 aliphatic heterocycles. The van der Waals surface area contributed by atoms with E-state index in [0.717, 1.165) is 23.4 Å². The molecule has 0 aliphatic rings. The first kappa shape index (κ1) is 19.3. The summed E-state index contributed by atoms with van der Waals surface area (Å²) in [5.41, 5.74) is 5.92. The van der Waals surface area contributed by atoms with Gasteiger partial charge in [0, 0.05) is 47.9 Å². The highest BCUT2D eigenvalue weighted by atomic mass is 16.1. The maximum Gasteiger partial charge on any atom is 0.258 e. The normalized spacial score (nSPS) is 12.4. The van der Waals surface area contributed by atoms with Gasteiger partial charge in [-0.15, -0.1) is 0 Å². The van der Waals surface area contributed by atoms with Crippen LogP contribution in [0.4, 0.5) is 0 Å². The van der Waals surface area contributed by atoms with Crippen LogP contribution >= 0.6 is 0 Å². The number of aromatic nitrogens is 3. The van der Waals surface area contributed by atoms with Crippen LogP contribution in [0.5, 0.6) is 0 Å².